The van der Waals surface area contributed by atoms with E-state index >= 15 is 0 Å². The normalized spacial score (nSPS) is 27.0. The monoisotopic (exact) mass is 796 g/mol. The number of rotatable bonds is 18. The van der Waals surface area contributed by atoms with Crippen molar-refractivity contribution in [1.82, 2.24) is 5.32 Å². The number of nitrogens with one attached hydrogen (secondary N) is 1. The van der Waals surface area contributed by atoms with Gasteiger partial charge in [-0.1, -0.05) is 78.7 Å². The zero-order chi connectivity index (χ0) is 39.5. The lowest BCUT2D eigenvalue weighted by molar-refractivity contribution is -0.223. The number of thioether (sulfide) groups is 1. The van der Waals surface area contributed by atoms with Crippen molar-refractivity contribution in [2.45, 2.75) is 98.9 Å². The zero-order valence-electron chi connectivity index (χ0n) is 32.6. The van der Waals surface area contributed by atoms with E-state index in [1.54, 1.807) is 23.9 Å². The minimum Gasteiger partial charge on any atom is -0.460 e. The molecule has 2 fully saturated rings. The Morgan fingerprint density at radius 1 is 0.982 bits per heavy atom. The lowest BCUT2D eigenvalue weighted by atomic mass is 9.56. The van der Waals surface area contributed by atoms with Gasteiger partial charge in [0.25, 0.3) is 0 Å². The molecule has 11 heteroatoms. The first-order valence-corrected chi connectivity index (χ1v) is 21.5. The SMILES string of the molecule is C=CCO[C@@]12Oc3ccc(OC(=O)NCc4ccccc4)cc3[C@H]3[C@H](CCCCO)[C@@H](CCCCO)C=C(C(=NOC4CCCCO4)C[C@@H]1Sc1ccccc1)[C@H]32. The van der Waals surface area contributed by atoms with Gasteiger partial charge in [0.1, 0.15) is 11.5 Å². The van der Waals surface area contributed by atoms with E-state index in [1.807, 2.05) is 60.7 Å². The van der Waals surface area contributed by atoms with Crippen molar-refractivity contribution < 1.29 is 38.8 Å². The number of unbranched alkanes of at least 4 members (excludes halogenated alkanes) is 2. The number of hydrogen-bond acceptors (Lipinski definition) is 10. The fourth-order valence-electron chi connectivity index (χ4n) is 8.98. The number of carbonyl (C=O) groups excluding carboxylic acids is 1. The molecule has 1 amide bonds. The lowest BCUT2D eigenvalue weighted by Crippen LogP contribution is -2.64. The van der Waals surface area contributed by atoms with E-state index < -0.39 is 18.2 Å². The van der Waals surface area contributed by atoms with Crippen LogP contribution in [-0.2, 0) is 20.9 Å². The third-order valence-electron chi connectivity index (χ3n) is 11.6. The predicted molar refractivity (Wildman–Crippen MR) is 221 cm³/mol. The van der Waals surface area contributed by atoms with Crippen molar-refractivity contribution >= 4 is 23.6 Å². The van der Waals surface area contributed by atoms with Crippen LogP contribution in [0.5, 0.6) is 11.5 Å². The van der Waals surface area contributed by atoms with Crippen LogP contribution in [0.3, 0.4) is 0 Å². The third-order valence-corrected chi connectivity index (χ3v) is 12.9. The molecule has 0 bridgehead atoms. The zero-order valence-corrected chi connectivity index (χ0v) is 33.5. The van der Waals surface area contributed by atoms with E-state index in [1.165, 1.54) is 0 Å². The predicted octanol–water partition coefficient (Wildman–Crippen LogP) is 8.93. The van der Waals surface area contributed by atoms with Gasteiger partial charge in [0.05, 0.1) is 30.1 Å². The second kappa shape index (κ2) is 20.0. The van der Waals surface area contributed by atoms with Crippen LogP contribution in [0.4, 0.5) is 4.79 Å². The Bertz CT molecular complexity index is 1830. The summed E-state index contributed by atoms with van der Waals surface area (Å²) in [7, 11) is 0. The van der Waals surface area contributed by atoms with E-state index in [9.17, 15) is 15.0 Å². The van der Waals surface area contributed by atoms with Crippen LogP contribution in [0.15, 0.2) is 113 Å². The molecule has 0 spiro atoms. The van der Waals surface area contributed by atoms with Gasteiger partial charge in [-0.2, -0.15) is 0 Å². The summed E-state index contributed by atoms with van der Waals surface area (Å²) >= 11 is 1.72. The Labute approximate surface area is 340 Å². The summed E-state index contributed by atoms with van der Waals surface area (Å²) in [6.45, 7) is 5.55. The van der Waals surface area contributed by atoms with Gasteiger partial charge in [-0.15, -0.1) is 18.3 Å². The summed E-state index contributed by atoms with van der Waals surface area (Å²) in [5.41, 5.74) is 3.81. The summed E-state index contributed by atoms with van der Waals surface area (Å²) in [5, 5.41) is 27.3. The summed E-state index contributed by atoms with van der Waals surface area (Å²) in [4.78, 5) is 20.5. The number of allylic oxidation sites excluding steroid dienone is 1. The highest BCUT2D eigenvalue weighted by Crippen LogP contribution is 2.63. The number of benzene rings is 3. The maximum absolute atomic E-state index is 13.2. The van der Waals surface area contributed by atoms with Crippen molar-refractivity contribution in [2.75, 3.05) is 26.4 Å². The fraction of sp³-hybridized carbons (Fsp3) is 0.478. The molecule has 0 radical (unpaired) electrons. The first-order valence-electron chi connectivity index (χ1n) is 20.6. The van der Waals surface area contributed by atoms with Crippen molar-refractivity contribution in [3.05, 3.63) is 114 Å². The van der Waals surface area contributed by atoms with E-state index in [2.05, 4.69) is 30.1 Å². The van der Waals surface area contributed by atoms with Crippen LogP contribution < -0.4 is 14.8 Å². The van der Waals surface area contributed by atoms with E-state index in [0.717, 1.165) is 72.3 Å². The first kappa shape index (κ1) is 41.0. The maximum atomic E-state index is 13.2. The number of fused-ring (bicyclic) bond motifs is 2. The molecule has 1 saturated heterocycles. The first-order chi connectivity index (χ1) is 28.0. The molecule has 2 aliphatic carbocycles. The molecular formula is C46H56N2O8S. The minimum atomic E-state index is -1.13. The van der Waals surface area contributed by atoms with Gasteiger partial charge in [-0.3, -0.25) is 0 Å². The minimum absolute atomic E-state index is 0.116. The third kappa shape index (κ3) is 9.78. The number of amides is 1. The molecule has 0 aromatic heterocycles. The molecule has 2 aliphatic heterocycles. The highest BCUT2D eigenvalue weighted by Gasteiger charge is 2.64. The van der Waals surface area contributed by atoms with Crippen molar-refractivity contribution in [2.24, 2.45) is 22.9 Å². The largest absolute Gasteiger partial charge is 0.460 e. The van der Waals surface area contributed by atoms with Crippen LogP contribution >= 0.6 is 11.8 Å². The number of ether oxygens (including phenoxy) is 4. The van der Waals surface area contributed by atoms with Crippen molar-refractivity contribution in [1.29, 1.82) is 0 Å². The van der Waals surface area contributed by atoms with Gasteiger partial charge < -0.3 is 39.3 Å². The molecule has 3 aromatic carbocycles. The fourth-order valence-corrected chi connectivity index (χ4v) is 10.3. The number of aliphatic hydroxyl groups excluding tert-OH is 2. The number of aliphatic hydroxyl groups is 2. The van der Waals surface area contributed by atoms with Gasteiger partial charge in [-0.25, -0.2) is 4.79 Å². The quantitative estimate of drug-likeness (QED) is 0.0657. The van der Waals surface area contributed by atoms with E-state index in [-0.39, 0.29) is 48.7 Å². The molecule has 2 heterocycles. The van der Waals surface area contributed by atoms with Crippen molar-refractivity contribution in [3.63, 3.8) is 0 Å². The molecule has 304 valence electrons. The van der Waals surface area contributed by atoms with Gasteiger partial charge >= 0.3 is 6.09 Å². The smallest absolute Gasteiger partial charge is 0.412 e. The number of oxime groups is 1. The van der Waals surface area contributed by atoms with Crippen LogP contribution in [0.2, 0.25) is 0 Å². The Morgan fingerprint density at radius 3 is 2.49 bits per heavy atom. The molecule has 10 nitrogen and oxygen atoms in total. The molecule has 7 rings (SSSR count). The van der Waals surface area contributed by atoms with Gasteiger partial charge in [-0.05, 0) is 91.8 Å². The molecule has 7 atom stereocenters. The Balaban J connectivity index is 1.34. The van der Waals surface area contributed by atoms with Gasteiger partial charge in [0.2, 0.25) is 12.1 Å². The maximum Gasteiger partial charge on any atom is 0.412 e. The number of hydrogen-bond donors (Lipinski definition) is 3. The average Bonchev–Trinajstić information content (AvgIpc) is 3.24. The Hall–Kier alpha value is -4.13. The van der Waals surface area contributed by atoms with E-state index in [0.29, 0.717) is 43.9 Å². The van der Waals surface area contributed by atoms with Crippen LogP contribution in [0, 0.1) is 17.8 Å². The van der Waals surface area contributed by atoms with Crippen LogP contribution in [0.1, 0.15) is 81.3 Å². The lowest BCUT2D eigenvalue weighted by Gasteiger charge is -2.58. The number of carbonyl (C=O) groups is 1. The topological polar surface area (TPSA) is 128 Å². The molecule has 1 unspecified atom stereocenters. The van der Waals surface area contributed by atoms with Crippen molar-refractivity contribution in [3.8, 4) is 11.5 Å². The van der Waals surface area contributed by atoms with Crippen LogP contribution in [0.25, 0.3) is 0 Å². The van der Waals surface area contributed by atoms with Crippen LogP contribution in [-0.4, -0.2) is 65.8 Å². The second-order valence-electron chi connectivity index (χ2n) is 15.3. The molecule has 57 heavy (non-hydrogen) atoms. The summed E-state index contributed by atoms with van der Waals surface area (Å²) < 4.78 is 26.2. The highest BCUT2D eigenvalue weighted by molar-refractivity contribution is 8.00. The summed E-state index contributed by atoms with van der Waals surface area (Å²) in [6, 6.07) is 25.7. The standard InChI is InChI=1S/C46H56N2O8S/c1-2-26-53-46-41(57-35-18-7-4-8-19-35)30-39(48-56-42-21-11-14-27-52-42)37-28-33(17-9-12-24-49)36(20-10-13-25-50)43(44(37)46)38-29-34(22-23-40(38)55-46)54-45(51)47-31-32-15-5-3-6-16-32/h2-8,15-16,18-19,22-23,28-29,33,36,41-44,49-50H,1,9-14,17,20-21,24-27,30-31H2,(H,47,51)/t33-,36+,41-,42?,43+,44+,46+/m0/s1. The second-order valence-corrected chi connectivity index (χ2v) is 16.6. The van der Waals surface area contributed by atoms with E-state index in [4.69, 9.17) is 28.9 Å². The molecule has 3 aromatic rings. The van der Waals surface area contributed by atoms with Gasteiger partial charge in [0, 0.05) is 49.0 Å². The summed E-state index contributed by atoms with van der Waals surface area (Å²) in [5.74, 6) is -0.229. The average molecular weight is 797 g/mol. The Kier molecular flexibility index (Phi) is 14.4. The van der Waals surface area contributed by atoms with Gasteiger partial charge in [0.15, 0.2) is 0 Å². The summed E-state index contributed by atoms with van der Waals surface area (Å²) in [6.07, 6.45) is 11.4. The molecule has 3 N–H and O–H groups in total. The molecule has 1 saturated carbocycles. The number of nitrogens with zero attached hydrogens (tertiary/aromatic N) is 1. The molecular weight excluding hydrogens is 741 g/mol. The Morgan fingerprint density at radius 2 is 1.75 bits per heavy atom. The highest BCUT2D eigenvalue weighted by atomic mass is 32.2. The molecule has 4 aliphatic rings.